The highest BCUT2D eigenvalue weighted by Crippen LogP contribution is 2.30. The molecule has 1 atom stereocenters. The predicted molar refractivity (Wildman–Crippen MR) is 79.9 cm³/mol. The van der Waals surface area contributed by atoms with E-state index in [2.05, 4.69) is 0 Å². The van der Waals surface area contributed by atoms with Crippen LogP contribution in [0.25, 0.3) is 0 Å². The lowest BCUT2D eigenvalue weighted by molar-refractivity contribution is 0.00685. The normalized spacial score (nSPS) is 13.3. The van der Waals surface area contributed by atoms with Gasteiger partial charge in [-0.15, -0.1) is 0 Å². The van der Waals surface area contributed by atoms with Gasteiger partial charge in [-0.3, -0.25) is 4.79 Å². The Bertz CT molecular complexity index is 605. The van der Waals surface area contributed by atoms with E-state index in [-0.39, 0.29) is 6.61 Å². The molecule has 0 saturated carbocycles. The third kappa shape index (κ3) is 3.61. The molecule has 0 saturated heterocycles. The molecule has 2 aromatic rings. The monoisotopic (exact) mass is 286 g/mol. The maximum atomic E-state index is 10.8. The van der Waals surface area contributed by atoms with Crippen LogP contribution in [0, 0.1) is 0 Å². The Morgan fingerprint density at radius 2 is 1.86 bits per heavy atom. The van der Waals surface area contributed by atoms with Gasteiger partial charge in [-0.05, 0) is 30.7 Å². The van der Waals surface area contributed by atoms with E-state index in [1.54, 1.807) is 25.1 Å². The van der Waals surface area contributed by atoms with Gasteiger partial charge in [0.1, 0.15) is 18.5 Å². The first-order valence-electron chi connectivity index (χ1n) is 6.61. The molecule has 0 radical (unpaired) electrons. The lowest BCUT2D eigenvalue weighted by Gasteiger charge is -2.24. The van der Waals surface area contributed by atoms with E-state index in [0.29, 0.717) is 17.1 Å². The predicted octanol–water partition coefficient (Wildman–Crippen LogP) is 2.79. The van der Waals surface area contributed by atoms with E-state index in [0.717, 1.165) is 11.8 Å². The number of carbonyl (C=O) groups is 1. The van der Waals surface area contributed by atoms with Crippen LogP contribution in [0.15, 0.2) is 48.5 Å². The summed E-state index contributed by atoms with van der Waals surface area (Å²) in [5.41, 5.74) is 0.115. The van der Waals surface area contributed by atoms with E-state index < -0.39 is 5.60 Å². The quantitative estimate of drug-likeness (QED) is 0.830. The minimum atomic E-state index is -1.14. The fraction of sp³-hybridized carbons (Fsp3) is 0.235. The summed E-state index contributed by atoms with van der Waals surface area (Å²) in [6, 6.07) is 14.2. The second-order valence-electron chi connectivity index (χ2n) is 4.96. The molecule has 2 aromatic carbocycles. The second kappa shape index (κ2) is 6.41. The van der Waals surface area contributed by atoms with Crippen LogP contribution in [0.3, 0.4) is 0 Å². The zero-order chi connectivity index (χ0) is 15.3. The molecule has 4 heteroatoms. The van der Waals surface area contributed by atoms with Crippen molar-refractivity contribution in [2.75, 3.05) is 13.7 Å². The number of hydrogen-bond donors (Lipinski definition) is 1. The second-order valence-corrected chi connectivity index (χ2v) is 4.96. The number of ether oxygens (including phenoxy) is 2. The first-order valence-corrected chi connectivity index (χ1v) is 6.61. The van der Waals surface area contributed by atoms with Crippen LogP contribution in [0.4, 0.5) is 0 Å². The third-order valence-electron chi connectivity index (χ3n) is 3.23. The number of rotatable bonds is 6. The van der Waals surface area contributed by atoms with E-state index >= 15 is 0 Å². The Kier molecular flexibility index (Phi) is 4.60. The van der Waals surface area contributed by atoms with Gasteiger partial charge in [0.2, 0.25) is 0 Å². The fourth-order valence-electron chi connectivity index (χ4n) is 1.98. The largest absolute Gasteiger partial charge is 0.493 e. The Balaban J connectivity index is 2.17. The first-order chi connectivity index (χ1) is 10.1. The van der Waals surface area contributed by atoms with Gasteiger partial charge in [0.15, 0.2) is 11.5 Å². The van der Waals surface area contributed by atoms with Crippen molar-refractivity contribution in [3.8, 4) is 11.5 Å². The van der Waals surface area contributed by atoms with Crippen molar-refractivity contribution < 1.29 is 19.4 Å². The molecule has 0 aromatic heterocycles. The maximum Gasteiger partial charge on any atom is 0.162 e. The first kappa shape index (κ1) is 15.1. The smallest absolute Gasteiger partial charge is 0.162 e. The number of aldehydes is 1. The average Bonchev–Trinajstić information content (AvgIpc) is 2.53. The van der Waals surface area contributed by atoms with Gasteiger partial charge in [0.05, 0.1) is 7.11 Å². The highest BCUT2D eigenvalue weighted by Gasteiger charge is 2.24. The summed E-state index contributed by atoms with van der Waals surface area (Å²) in [4.78, 5) is 10.8. The fourth-order valence-corrected chi connectivity index (χ4v) is 1.98. The van der Waals surface area contributed by atoms with Crippen LogP contribution in [0.1, 0.15) is 22.8 Å². The standard InChI is InChI=1S/C17H18O4/c1-17(19,14-6-4-3-5-7-14)12-21-16-10-13(11-18)8-9-15(16)20-2/h3-11,19H,12H2,1-2H3. The van der Waals surface area contributed by atoms with Gasteiger partial charge in [0.25, 0.3) is 0 Å². The van der Waals surface area contributed by atoms with Gasteiger partial charge in [0, 0.05) is 5.56 Å². The highest BCUT2D eigenvalue weighted by molar-refractivity contribution is 5.76. The summed E-state index contributed by atoms with van der Waals surface area (Å²) < 4.78 is 10.8. The third-order valence-corrected chi connectivity index (χ3v) is 3.23. The molecule has 0 heterocycles. The molecule has 0 aliphatic rings. The van der Waals surface area contributed by atoms with Gasteiger partial charge in [-0.25, -0.2) is 0 Å². The van der Waals surface area contributed by atoms with Gasteiger partial charge >= 0.3 is 0 Å². The molecule has 2 rings (SSSR count). The Morgan fingerprint density at radius 3 is 2.48 bits per heavy atom. The lowest BCUT2D eigenvalue weighted by Crippen LogP contribution is -2.29. The zero-order valence-electron chi connectivity index (χ0n) is 12.1. The molecule has 0 bridgehead atoms. The van der Waals surface area contributed by atoms with Crippen LogP contribution in [0.5, 0.6) is 11.5 Å². The van der Waals surface area contributed by atoms with Crippen molar-refractivity contribution >= 4 is 6.29 Å². The van der Waals surface area contributed by atoms with Crippen LogP contribution in [-0.2, 0) is 5.60 Å². The minimum Gasteiger partial charge on any atom is -0.493 e. The van der Waals surface area contributed by atoms with Crippen molar-refractivity contribution in [1.29, 1.82) is 0 Å². The Morgan fingerprint density at radius 1 is 1.14 bits per heavy atom. The molecule has 110 valence electrons. The maximum absolute atomic E-state index is 10.8. The Labute approximate surface area is 123 Å². The summed E-state index contributed by atoms with van der Waals surface area (Å²) in [5, 5.41) is 10.5. The molecule has 0 fully saturated rings. The minimum absolute atomic E-state index is 0.0513. The van der Waals surface area contributed by atoms with E-state index in [1.165, 1.54) is 7.11 Å². The molecule has 1 N–H and O–H groups in total. The summed E-state index contributed by atoms with van der Waals surface area (Å²) in [7, 11) is 1.53. The van der Waals surface area contributed by atoms with Crippen LogP contribution in [0.2, 0.25) is 0 Å². The van der Waals surface area contributed by atoms with Crippen molar-refractivity contribution in [1.82, 2.24) is 0 Å². The van der Waals surface area contributed by atoms with Crippen LogP contribution in [-0.4, -0.2) is 25.1 Å². The Hall–Kier alpha value is -2.33. The summed E-state index contributed by atoms with van der Waals surface area (Å²) in [6.07, 6.45) is 0.738. The van der Waals surface area contributed by atoms with Crippen molar-refractivity contribution in [3.05, 3.63) is 59.7 Å². The summed E-state index contributed by atoms with van der Waals surface area (Å²) >= 11 is 0. The molecule has 21 heavy (non-hydrogen) atoms. The molecule has 0 spiro atoms. The highest BCUT2D eigenvalue weighted by atomic mass is 16.5. The molecule has 0 aliphatic carbocycles. The van der Waals surface area contributed by atoms with Gasteiger partial charge < -0.3 is 14.6 Å². The van der Waals surface area contributed by atoms with Crippen molar-refractivity contribution in [2.45, 2.75) is 12.5 Å². The van der Waals surface area contributed by atoms with Crippen molar-refractivity contribution in [3.63, 3.8) is 0 Å². The number of carbonyl (C=O) groups excluding carboxylic acids is 1. The van der Waals surface area contributed by atoms with E-state index in [1.807, 2.05) is 30.3 Å². The van der Waals surface area contributed by atoms with Gasteiger partial charge in [-0.2, -0.15) is 0 Å². The molecular formula is C17H18O4. The average molecular weight is 286 g/mol. The number of methoxy groups -OCH3 is 1. The SMILES string of the molecule is COc1ccc(C=O)cc1OCC(C)(O)c1ccccc1. The topological polar surface area (TPSA) is 55.8 Å². The van der Waals surface area contributed by atoms with Crippen LogP contribution < -0.4 is 9.47 Å². The van der Waals surface area contributed by atoms with Crippen molar-refractivity contribution in [2.24, 2.45) is 0 Å². The molecule has 4 nitrogen and oxygen atoms in total. The molecule has 1 unspecified atom stereocenters. The molecule has 0 aliphatic heterocycles. The molecular weight excluding hydrogens is 268 g/mol. The van der Waals surface area contributed by atoms with E-state index in [9.17, 15) is 9.90 Å². The lowest BCUT2D eigenvalue weighted by atomic mass is 9.97. The van der Waals surface area contributed by atoms with Crippen LogP contribution >= 0.6 is 0 Å². The van der Waals surface area contributed by atoms with Gasteiger partial charge in [-0.1, -0.05) is 30.3 Å². The summed E-state index contributed by atoms with van der Waals surface area (Å²) in [6.45, 7) is 1.73. The number of hydrogen-bond acceptors (Lipinski definition) is 4. The molecule has 0 amide bonds. The number of aliphatic hydroxyl groups is 1. The summed E-state index contributed by atoms with van der Waals surface area (Å²) in [5.74, 6) is 0.947. The van der Waals surface area contributed by atoms with E-state index in [4.69, 9.17) is 9.47 Å². The number of benzene rings is 2. The zero-order valence-corrected chi connectivity index (χ0v) is 12.1.